The predicted molar refractivity (Wildman–Crippen MR) is 72.2 cm³/mol. The van der Waals surface area contributed by atoms with Gasteiger partial charge in [0.15, 0.2) is 0 Å². The van der Waals surface area contributed by atoms with Crippen molar-refractivity contribution in [3.63, 3.8) is 0 Å². The van der Waals surface area contributed by atoms with Gasteiger partial charge in [-0.05, 0) is 37.0 Å². The molecule has 0 spiro atoms. The molecule has 1 unspecified atom stereocenters. The zero-order chi connectivity index (χ0) is 12.1. The molecule has 0 radical (unpaired) electrons. The Morgan fingerprint density at radius 2 is 2.12 bits per heavy atom. The molecule has 2 nitrogen and oxygen atoms in total. The van der Waals surface area contributed by atoms with Crippen molar-refractivity contribution in [3.05, 3.63) is 28.7 Å². The highest BCUT2D eigenvalue weighted by Crippen LogP contribution is 2.31. The first kappa shape index (κ1) is 12.9. The molecule has 17 heavy (non-hydrogen) atoms. The second-order valence-electron chi connectivity index (χ2n) is 4.76. The second kappa shape index (κ2) is 6.41. The fraction of sp³-hybridized carbons (Fsp3) is 0.571. The van der Waals surface area contributed by atoms with Gasteiger partial charge >= 0.3 is 0 Å². The van der Waals surface area contributed by atoms with Gasteiger partial charge in [-0.25, -0.2) is 0 Å². The lowest BCUT2D eigenvalue weighted by Crippen LogP contribution is -2.23. The predicted octanol–water partition coefficient (Wildman–Crippen LogP) is 3.63. The quantitative estimate of drug-likeness (QED) is 0.899. The van der Waals surface area contributed by atoms with Crippen LogP contribution < -0.4 is 4.74 Å². The first-order valence-corrected chi connectivity index (χ1v) is 7.08. The van der Waals surface area contributed by atoms with Crippen LogP contribution in [-0.4, -0.2) is 18.3 Å². The highest BCUT2D eigenvalue weighted by atomic mass is 79.9. The summed E-state index contributed by atoms with van der Waals surface area (Å²) in [4.78, 5) is 0. The summed E-state index contributed by atoms with van der Waals surface area (Å²) >= 11 is 3.42. The number of aliphatic hydroxyl groups is 1. The number of ether oxygens (including phenoxy) is 1. The molecular formula is C14H19BrO2. The molecule has 0 aliphatic heterocycles. The van der Waals surface area contributed by atoms with Crippen molar-refractivity contribution < 1.29 is 9.84 Å². The van der Waals surface area contributed by atoms with Crippen LogP contribution >= 0.6 is 15.9 Å². The molecule has 0 aromatic heterocycles. The molecule has 1 N–H and O–H groups in total. The summed E-state index contributed by atoms with van der Waals surface area (Å²) < 4.78 is 6.79. The molecule has 0 heterocycles. The summed E-state index contributed by atoms with van der Waals surface area (Å²) in [6.07, 6.45) is 5.09. The van der Waals surface area contributed by atoms with E-state index in [2.05, 4.69) is 15.9 Å². The van der Waals surface area contributed by atoms with E-state index in [4.69, 9.17) is 4.74 Å². The van der Waals surface area contributed by atoms with Crippen LogP contribution in [0.2, 0.25) is 0 Å². The molecule has 1 atom stereocenters. The number of hydrogen-bond donors (Lipinski definition) is 1. The second-order valence-corrected chi connectivity index (χ2v) is 5.67. The molecule has 1 aromatic carbocycles. The average molecular weight is 299 g/mol. The van der Waals surface area contributed by atoms with E-state index in [1.165, 1.54) is 25.7 Å². The summed E-state index contributed by atoms with van der Waals surface area (Å²) in [7, 11) is 0. The van der Waals surface area contributed by atoms with Gasteiger partial charge in [-0.1, -0.05) is 34.8 Å². The van der Waals surface area contributed by atoms with Crippen molar-refractivity contribution in [2.24, 2.45) is 11.8 Å². The van der Waals surface area contributed by atoms with Gasteiger partial charge in [0.25, 0.3) is 0 Å². The maximum atomic E-state index is 9.43. The first-order chi connectivity index (χ1) is 8.29. The van der Waals surface area contributed by atoms with Gasteiger partial charge in [0.05, 0.1) is 6.61 Å². The van der Waals surface area contributed by atoms with Gasteiger partial charge in [0.1, 0.15) is 5.75 Å². The fourth-order valence-corrected chi connectivity index (χ4v) is 2.90. The summed E-state index contributed by atoms with van der Waals surface area (Å²) in [5.41, 5.74) is 0. The van der Waals surface area contributed by atoms with Gasteiger partial charge in [0, 0.05) is 17.0 Å². The Balaban J connectivity index is 1.87. The van der Waals surface area contributed by atoms with Gasteiger partial charge < -0.3 is 9.84 Å². The number of benzene rings is 1. The van der Waals surface area contributed by atoms with Crippen LogP contribution in [-0.2, 0) is 0 Å². The molecular weight excluding hydrogens is 280 g/mol. The normalized spacial score (nSPS) is 18.2. The Hall–Kier alpha value is -0.540. The largest absolute Gasteiger partial charge is 0.493 e. The number of aliphatic hydroxyl groups excluding tert-OH is 1. The van der Waals surface area contributed by atoms with E-state index in [1.54, 1.807) is 0 Å². The topological polar surface area (TPSA) is 29.5 Å². The molecule has 1 saturated carbocycles. The standard InChI is InChI=1S/C14H19BrO2/c15-13-6-3-7-14(8-13)17-10-12(9-16)11-4-1-2-5-11/h3,6-8,11-12,16H,1-2,4-5,9-10H2. The minimum atomic E-state index is 0.235. The van der Waals surface area contributed by atoms with Crippen LogP contribution in [0.1, 0.15) is 25.7 Å². The van der Waals surface area contributed by atoms with E-state index in [0.717, 1.165) is 10.2 Å². The van der Waals surface area contributed by atoms with E-state index >= 15 is 0 Å². The molecule has 94 valence electrons. The van der Waals surface area contributed by atoms with Crippen LogP contribution in [0, 0.1) is 11.8 Å². The van der Waals surface area contributed by atoms with Crippen molar-refractivity contribution in [2.75, 3.05) is 13.2 Å². The van der Waals surface area contributed by atoms with E-state index in [1.807, 2.05) is 24.3 Å². The Morgan fingerprint density at radius 3 is 2.76 bits per heavy atom. The van der Waals surface area contributed by atoms with Crippen LogP contribution in [0.3, 0.4) is 0 Å². The van der Waals surface area contributed by atoms with Crippen LogP contribution in [0.5, 0.6) is 5.75 Å². The Kier molecular flexibility index (Phi) is 4.86. The molecule has 2 rings (SSSR count). The highest BCUT2D eigenvalue weighted by molar-refractivity contribution is 9.10. The zero-order valence-electron chi connectivity index (χ0n) is 9.94. The average Bonchev–Trinajstić information content (AvgIpc) is 2.84. The number of halogens is 1. The van der Waals surface area contributed by atoms with Gasteiger partial charge in [-0.15, -0.1) is 0 Å². The van der Waals surface area contributed by atoms with E-state index in [9.17, 15) is 5.11 Å². The molecule has 0 saturated heterocycles. The SMILES string of the molecule is OCC(COc1cccc(Br)c1)C1CCCC1. The lowest BCUT2D eigenvalue weighted by atomic mass is 9.92. The van der Waals surface area contributed by atoms with Crippen molar-refractivity contribution in [1.82, 2.24) is 0 Å². The Bertz CT molecular complexity index is 348. The Morgan fingerprint density at radius 1 is 1.35 bits per heavy atom. The fourth-order valence-electron chi connectivity index (χ4n) is 2.53. The van der Waals surface area contributed by atoms with Crippen molar-refractivity contribution in [3.8, 4) is 5.75 Å². The van der Waals surface area contributed by atoms with Crippen LogP contribution in [0.4, 0.5) is 0 Å². The summed E-state index contributed by atoms with van der Waals surface area (Å²) in [6, 6.07) is 7.85. The third-order valence-electron chi connectivity index (χ3n) is 3.56. The number of hydrogen-bond acceptors (Lipinski definition) is 2. The molecule has 1 fully saturated rings. The molecule has 3 heteroatoms. The van der Waals surface area contributed by atoms with Crippen molar-refractivity contribution >= 4 is 15.9 Å². The number of rotatable bonds is 5. The lowest BCUT2D eigenvalue weighted by molar-refractivity contribution is 0.119. The monoisotopic (exact) mass is 298 g/mol. The molecule has 0 amide bonds. The van der Waals surface area contributed by atoms with E-state index < -0.39 is 0 Å². The third-order valence-corrected chi connectivity index (χ3v) is 4.05. The summed E-state index contributed by atoms with van der Waals surface area (Å²) in [5, 5.41) is 9.43. The maximum Gasteiger partial charge on any atom is 0.120 e. The molecule has 1 aliphatic rings. The summed E-state index contributed by atoms with van der Waals surface area (Å²) in [5.74, 6) is 1.81. The van der Waals surface area contributed by atoms with E-state index in [0.29, 0.717) is 12.5 Å². The smallest absolute Gasteiger partial charge is 0.120 e. The third kappa shape index (κ3) is 3.71. The maximum absolute atomic E-state index is 9.43. The van der Waals surface area contributed by atoms with Crippen LogP contribution in [0.15, 0.2) is 28.7 Å². The first-order valence-electron chi connectivity index (χ1n) is 6.29. The Labute approximate surface area is 111 Å². The van der Waals surface area contributed by atoms with Gasteiger partial charge in [-0.3, -0.25) is 0 Å². The van der Waals surface area contributed by atoms with Gasteiger partial charge in [-0.2, -0.15) is 0 Å². The lowest BCUT2D eigenvalue weighted by Gasteiger charge is -2.21. The molecule has 0 bridgehead atoms. The highest BCUT2D eigenvalue weighted by Gasteiger charge is 2.24. The van der Waals surface area contributed by atoms with Crippen molar-refractivity contribution in [2.45, 2.75) is 25.7 Å². The molecule has 1 aliphatic carbocycles. The van der Waals surface area contributed by atoms with Gasteiger partial charge in [0.2, 0.25) is 0 Å². The molecule has 1 aromatic rings. The minimum absolute atomic E-state index is 0.235. The van der Waals surface area contributed by atoms with Crippen LogP contribution in [0.25, 0.3) is 0 Å². The minimum Gasteiger partial charge on any atom is -0.493 e. The summed E-state index contributed by atoms with van der Waals surface area (Å²) in [6.45, 7) is 0.857. The van der Waals surface area contributed by atoms with Crippen molar-refractivity contribution in [1.29, 1.82) is 0 Å². The van der Waals surface area contributed by atoms with E-state index in [-0.39, 0.29) is 12.5 Å². The zero-order valence-corrected chi connectivity index (χ0v) is 11.5.